The van der Waals surface area contributed by atoms with Gasteiger partial charge in [-0.3, -0.25) is 0 Å². The Labute approximate surface area is 110 Å². The quantitative estimate of drug-likeness (QED) is 0.886. The van der Waals surface area contributed by atoms with Crippen LogP contribution < -0.4 is 10.6 Å². The average Bonchev–Trinajstić information content (AvgIpc) is 2.33. The van der Waals surface area contributed by atoms with Crippen molar-refractivity contribution in [1.29, 1.82) is 0 Å². The molecule has 1 aliphatic heterocycles. The SMILES string of the molecule is Cc1ccc2c(c1)CCCN2CC1(CN)CCC1. The van der Waals surface area contributed by atoms with E-state index in [-0.39, 0.29) is 0 Å². The van der Waals surface area contributed by atoms with E-state index in [4.69, 9.17) is 5.73 Å². The van der Waals surface area contributed by atoms with E-state index < -0.39 is 0 Å². The Morgan fingerprint density at radius 3 is 2.78 bits per heavy atom. The van der Waals surface area contributed by atoms with Gasteiger partial charge in [0, 0.05) is 24.2 Å². The Kier molecular flexibility index (Phi) is 3.06. The number of nitrogens with two attached hydrogens (primary N) is 1. The minimum Gasteiger partial charge on any atom is -0.371 e. The summed E-state index contributed by atoms with van der Waals surface area (Å²) >= 11 is 0. The summed E-state index contributed by atoms with van der Waals surface area (Å²) < 4.78 is 0. The molecule has 0 radical (unpaired) electrons. The molecule has 0 aromatic heterocycles. The van der Waals surface area contributed by atoms with Crippen molar-refractivity contribution >= 4 is 5.69 Å². The zero-order chi connectivity index (χ0) is 12.6. The van der Waals surface area contributed by atoms with Crippen LogP contribution in [-0.2, 0) is 6.42 Å². The molecule has 1 fully saturated rings. The molecule has 1 aromatic rings. The predicted octanol–water partition coefficient (Wildman–Crippen LogP) is 2.88. The van der Waals surface area contributed by atoms with Crippen molar-refractivity contribution < 1.29 is 0 Å². The Balaban J connectivity index is 1.83. The van der Waals surface area contributed by atoms with Gasteiger partial charge in [0.25, 0.3) is 0 Å². The van der Waals surface area contributed by atoms with Crippen LogP contribution in [0.25, 0.3) is 0 Å². The van der Waals surface area contributed by atoms with Gasteiger partial charge in [0.05, 0.1) is 0 Å². The molecule has 0 bridgehead atoms. The van der Waals surface area contributed by atoms with Gasteiger partial charge < -0.3 is 10.6 Å². The highest BCUT2D eigenvalue weighted by molar-refractivity contribution is 5.57. The maximum atomic E-state index is 6.00. The molecule has 1 aromatic carbocycles. The smallest absolute Gasteiger partial charge is 0.0399 e. The molecule has 1 heterocycles. The molecule has 0 amide bonds. The largest absolute Gasteiger partial charge is 0.371 e. The van der Waals surface area contributed by atoms with Gasteiger partial charge in [-0.25, -0.2) is 0 Å². The first-order valence-corrected chi connectivity index (χ1v) is 7.27. The summed E-state index contributed by atoms with van der Waals surface area (Å²) in [4.78, 5) is 2.59. The minimum absolute atomic E-state index is 0.416. The number of aryl methyl sites for hydroxylation is 2. The minimum atomic E-state index is 0.416. The third kappa shape index (κ3) is 2.03. The predicted molar refractivity (Wildman–Crippen MR) is 77.1 cm³/mol. The highest BCUT2D eigenvalue weighted by Gasteiger charge is 2.37. The third-order valence-electron chi connectivity index (χ3n) is 4.82. The van der Waals surface area contributed by atoms with Crippen molar-refractivity contribution in [1.82, 2.24) is 0 Å². The van der Waals surface area contributed by atoms with Crippen molar-refractivity contribution in [3.8, 4) is 0 Å². The molecule has 0 atom stereocenters. The first kappa shape index (κ1) is 12.0. The van der Waals surface area contributed by atoms with Gasteiger partial charge in [-0.05, 0) is 50.8 Å². The number of benzene rings is 1. The second kappa shape index (κ2) is 4.58. The van der Waals surface area contributed by atoms with E-state index in [2.05, 4.69) is 30.0 Å². The van der Waals surface area contributed by atoms with Crippen LogP contribution in [0.1, 0.15) is 36.8 Å². The molecule has 0 saturated heterocycles. The highest BCUT2D eigenvalue weighted by atomic mass is 15.1. The first-order chi connectivity index (χ1) is 8.72. The standard InChI is InChI=1S/C16H24N2/c1-13-5-6-15-14(10-13)4-2-9-18(15)12-16(11-17)7-3-8-16/h5-6,10H,2-4,7-9,11-12,17H2,1H3. The van der Waals surface area contributed by atoms with E-state index >= 15 is 0 Å². The lowest BCUT2D eigenvalue weighted by Gasteiger charge is -2.46. The lowest BCUT2D eigenvalue weighted by atomic mass is 9.68. The van der Waals surface area contributed by atoms with Gasteiger partial charge >= 0.3 is 0 Å². The summed E-state index contributed by atoms with van der Waals surface area (Å²) in [5, 5.41) is 0. The number of fused-ring (bicyclic) bond motifs is 1. The van der Waals surface area contributed by atoms with E-state index in [1.807, 2.05) is 0 Å². The van der Waals surface area contributed by atoms with Gasteiger partial charge in [0.2, 0.25) is 0 Å². The monoisotopic (exact) mass is 244 g/mol. The Morgan fingerprint density at radius 1 is 1.28 bits per heavy atom. The second-order valence-electron chi connectivity index (χ2n) is 6.21. The summed E-state index contributed by atoms with van der Waals surface area (Å²) in [6.45, 7) is 5.41. The van der Waals surface area contributed by atoms with Crippen molar-refractivity contribution in [3.05, 3.63) is 29.3 Å². The molecule has 2 nitrogen and oxygen atoms in total. The van der Waals surface area contributed by atoms with Crippen molar-refractivity contribution in [2.75, 3.05) is 24.5 Å². The Morgan fingerprint density at radius 2 is 2.11 bits per heavy atom. The molecule has 0 unspecified atom stereocenters. The Bertz CT molecular complexity index is 429. The fraction of sp³-hybridized carbons (Fsp3) is 0.625. The molecule has 2 aliphatic rings. The molecule has 18 heavy (non-hydrogen) atoms. The molecular weight excluding hydrogens is 220 g/mol. The Hall–Kier alpha value is -1.02. The number of hydrogen-bond donors (Lipinski definition) is 1. The summed E-state index contributed by atoms with van der Waals surface area (Å²) in [7, 11) is 0. The van der Waals surface area contributed by atoms with Crippen LogP contribution >= 0.6 is 0 Å². The summed E-state index contributed by atoms with van der Waals surface area (Å²) in [5.74, 6) is 0. The first-order valence-electron chi connectivity index (χ1n) is 7.27. The molecule has 2 N–H and O–H groups in total. The van der Waals surface area contributed by atoms with Crippen LogP contribution in [0.15, 0.2) is 18.2 Å². The van der Waals surface area contributed by atoms with E-state index in [0.717, 1.165) is 6.54 Å². The van der Waals surface area contributed by atoms with Crippen LogP contribution in [-0.4, -0.2) is 19.6 Å². The molecule has 1 saturated carbocycles. The van der Waals surface area contributed by atoms with E-state index in [1.54, 1.807) is 0 Å². The van der Waals surface area contributed by atoms with Crippen molar-refractivity contribution in [2.45, 2.75) is 39.0 Å². The maximum Gasteiger partial charge on any atom is 0.0399 e. The molecule has 1 aliphatic carbocycles. The lowest BCUT2D eigenvalue weighted by molar-refractivity contribution is 0.151. The fourth-order valence-corrected chi connectivity index (χ4v) is 3.48. The molecule has 2 heteroatoms. The second-order valence-corrected chi connectivity index (χ2v) is 6.21. The fourth-order valence-electron chi connectivity index (χ4n) is 3.48. The van der Waals surface area contributed by atoms with Crippen LogP contribution in [0.4, 0.5) is 5.69 Å². The maximum absolute atomic E-state index is 6.00. The van der Waals surface area contributed by atoms with Crippen LogP contribution in [0.2, 0.25) is 0 Å². The van der Waals surface area contributed by atoms with E-state index in [1.165, 1.54) is 62.0 Å². The van der Waals surface area contributed by atoms with E-state index in [0.29, 0.717) is 5.41 Å². The van der Waals surface area contributed by atoms with Gasteiger partial charge in [-0.1, -0.05) is 24.1 Å². The van der Waals surface area contributed by atoms with Crippen molar-refractivity contribution in [3.63, 3.8) is 0 Å². The zero-order valence-electron chi connectivity index (χ0n) is 11.4. The van der Waals surface area contributed by atoms with Gasteiger partial charge in [0.15, 0.2) is 0 Å². The molecule has 98 valence electrons. The molecule has 0 spiro atoms. The van der Waals surface area contributed by atoms with Crippen LogP contribution in [0, 0.1) is 12.3 Å². The highest BCUT2D eigenvalue weighted by Crippen LogP contribution is 2.42. The van der Waals surface area contributed by atoms with Gasteiger partial charge in [0.1, 0.15) is 0 Å². The van der Waals surface area contributed by atoms with Crippen LogP contribution in [0.5, 0.6) is 0 Å². The third-order valence-corrected chi connectivity index (χ3v) is 4.82. The lowest BCUT2D eigenvalue weighted by Crippen LogP contribution is -2.48. The number of anilines is 1. The normalized spacial score (nSPS) is 21.3. The number of hydrogen-bond acceptors (Lipinski definition) is 2. The number of nitrogens with zero attached hydrogens (tertiary/aromatic N) is 1. The average molecular weight is 244 g/mol. The topological polar surface area (TPSA) is 29.3 Å². The molecular formula is C16H24N2. The van der Waals surface area contributed by atoms with E-state index in [9.17, 15) is 0 Å². The summed E-state index contributed by atoms with van der Waals surface area (Å²) in [5.41, 5.74) is 10.8. The number of rotatable bonds is 3. The van der Waals surface area contributed by atoms with Gasteiger partial charge in [-0.15, -0.1) is 0 Å². The van der Waals surface area contributed by atoms with Gasteiger partial charge in [-0.2, -0.15) is 0 Å². The molecule has 3 rings (SSSR count). The summed E-state index contributed by atoms with van der Waals surface area (Å²) in [6.07, 6.45) is 6.54. The zero-order valence-corrected chi connectivity index (χ0v) is 11.4. The van der Waals surface area contributed by atoms with Crippen molar-refractivity contribution in [2.24, 2.45) is 11.1 Å². The summed E-state index contributed by atoms with van der Waals surface area (Å²) in [6, 6.07) is 6.91. The van der Waals surface area contributed by atoms with Crippen LogP contribution in [0.3, 0.4) is 0 Å².